The number of aryl methyl sites for hydroxylation is 1. The second kappa shape index (κ2) is 7.28. The van der Waals surface area contributed by atoms with Crippen molar-refractivity contribution in [1.29, 1.82) is 0 Å². The summed E-state index contributed by atoms with van der Waals surface area (Å²) >= 11 is 0. The highest BCUT2D eigenvalue weighted by molar-refractivity contribution is 5.94. The molecule has 2 aromatic rings. The lowest BCUT2D eigenvalue weighted by Gasteiger charge is -2.03. The number of aromatic amines is 1. The van der Waals surface area contributed by atoms with E-state index in [-0.39, 0.29) is 24.8 Å². The van der Waals surface area contributed by atoms with Gasteiger partial charge in [0.2, 0.25) is 5.91 Å². The number of hydrogen-bond acceptors (Lipinski definition) is 4. The first kappa shape index (κ1) is 14.8. The summed E-state index contributed by atoms with van der Waals surface area (Å²) in [6.45, 7) is 2.32. The van der Waals surface area contributed by atoms with Crippen molar-refractivity contribution in [2.45, 2.75) is 26.2 Å². The number of carbonyl (C=O) groups excluding carboxylic acids is 2. The van der Waals surface area contributed by atoms with Crippen molar-refractivity contribution < 1.29 is 14.0 Å². The van der Waals surface area contributed by atoms with Gasteiger partial charge in [0.1, 0.15) is 6.26 Å². The molecule has 2 heterocycles. The van der Waals surface area contributed by atoms with Gasteiger partial charge in [-0.2, -0.15) is 5.10 Å². The zero-order valence-electron chi connectivity index (χ0n) is 11.8. The lowest BCUT2D eigenvalue weighted by Crippen LogP contribution is -2.27. The number of anilines is 1. The largest absolute Gasteiger partial charge is 0.472 e. The van der Waals surface area contributed by atoms with E-state index in [4.69, 9.17) is 4.42 Å². The van der Waals surface area contributed by atoms with E-state index >= 15 is 0 Å². The molecule has 0 fully saturated rings. The van der Waals surface area contributed by atoms with E-state index in [0.29, 0.717) is 11.4 Å². The van der Waals surface area contributed by atoms with Crippen LogP contribution >= 0.6 is 0 Å². The molecule has 0 radical (unpaired) electrons. The van der Waals surface area contributed by atoms with E-state index in [1.807, 2.05) is 6.07 Å². The van der Waals surface area contributed by atoms with Crippen LogP contribution in [-0.2, 0) is 11.2 Å². The van der Waals surface area contributed by atoms with Crippen LogP contribution in [0.15, 0.2) is 29.1 Å². The number of aromatic nitrogens is 2. The van der Waals surface area contributed by atoms with Crippen LogP contribution in [0.4, 0.5) is 5.82 Å². The van der Waals surface area contributed by atoms with Gasteiger partial charge in [0.15, 0.2) is 5.82 Å². The number of H-pyrrole nitrogens is 1. The summed E-state index contributed by atoms with van der Waals surface area (Å²) in [5.74, 6) is 0.0446. The van der Waals surface area contributed by atoms with Gasteiger partial charge in [-0.25, -0.2) is 0 Å². The molecule has 0 unspecified atom stereocenters. The van der Waals surface area contributed by atoms with E-state index in [1.165, 1.54) is 12.5 Å². The van der Waals surface area contributed by atoms with E-state index < -0.39 is 0 Å². The molecule has 2 rings (SSSR count). The molecule has 0 aliphatic carbocycles. The second-order valence-corrected chi connectivity index (χ2v) is 4.59. The number of furan rings is 1. The standard InChI is InChI=1S/C14H18N4O3/c1-2-3-11-8-12(18-17-11)16-13(19)4-6-15-14(20)10-5-7-21-9-10/h5,7-9H,2-4,6H2,1H3,(H,15,20)(H2,16,17,18,19). The Morgan fingerprint density at radius 2 is 2.29 bits per heavy atom. The van der Waals surface area contributed by atoms with Gasteiger partial charge in [0, 0.05) is 24.7 Å². The third kappa shape index (κ3) is 4.48. The Hall–Kier alpha value is -2.57. The maximum absolute atomic E-state index is 11.7. The number of rotatable bonds is 7. The molecular weight excluding hydrogens is 272 g/mol. The van der Waals surface area contributed by atoms with Crippen LogP contribution in [0.2, 0.25) is 0 Å². The lowest BCUT2D eigenvalue weighted by atomic mass is 10.2. The summed E-state index contributed by atoms with van der Waals surface area (Å²) in [6, 6.07) is 3.37. The van der Waals surface area contributed by atoms with Crippen LogP contribution in [0.1, 0.15) is 35.8 Å². The topological polar surface area (TPSA) is 100 Å². The molecule has 0 saturated carbocycles. The molecule has 0 aromatic carbocycles. The number of amides is 2. The molecular formula is C14H18N4O3. The average molecular weight is 290 g/mol. The quantitative estimate of drug-likeness (QED) is 0.722. The molecule has 0 bridgehead atoms. The Morgan fingerprint density at radius 3 is 3.00 bits per heavy atom. The Kier molecular flexibility index (Phi) is 5.14. The molecule has 0 atom stereocenters. The van der Waals surface area contributed by atoms with Crippen molar-refractivity contribution in [3.8, 4) is 0 Å². The SMILES string of the molecule is CCCc1cc(NC(=O)CCNC(=O)c2ccoc2)n[nH]1. The van der Waals surface area contributed by atoms with Crippen LogP contribution in [0.5, 0.6) is 0 Å². The summed E-state index contributed by atoms with van der Waals surface area (Å²) in [4.78, 5) is 23.3. The molecule has 7 heteroatoms. The van der Waals surface area contributed by atoms with Gasteiger partial charge < -0.3 is 15.1 Å². The van der Waals surface area contributed by atoms with Crippen LogP contribution in [0.25, 0.3) is 0 Å². The first-order valence-corrected chi connectivity index (χ1v) is 6.83. The third-order valence-corrected chi connectivity index (χ3v) is 2.84. The fourth-order valence-corrected chi connectivity index (χ4v) is 1.81. The van der Waals surface area contributed by atoms with E-state index in [2.05, 4.69) is 27.8 Å². The van der Waals surface area contributed by atoms with Crippen molar-refractivity contribution >= 4 is 17.6 Å². The monoisotopic (exact) mass is 290 g/mol. The zero-order chi connectivity index (χ0) is 15.1. The van der Waals surface area contributed by atoms with Crippen LogP contribution < -0.4 is 10.6 Å². The Bertz CT molecular complexity index is 589. The van der Waals surface area contributed by atoms with Crippen molar-refractivity contribution in [1.82, 2.24) is 15.5 Å². The maximum Gasteiger partial charge on any atom is 0.254 e. The van der Waals surface area contributed by atoms with Gasteiger partial charge in [-0.05, 0) is 12.5 Å². The molecule has 7 nitrogen and oxygen atoms in total. The first-order chi connectivity index (χ1) is 10.2. The summed E-state index contributed by atoms with van der Waals surface area (Å²) in [5.41, 5.74) is 1.42. The van der Waals surface area contributed by atoms with Crippen molar-refractivity contribution in [2.24, 2.45) is 0 Å². The van der Waals surface area contributed by atoms with E-state index in [9.17, 15) is 9.59 Å². The van der Waals surface area contributed by atoms with Crippen LogP contribution in [-0.4, -0.2) is 28.6 Å². The lowest BCUT2D eigenvalue weighted by molar-refractivity contribution is -0.116. The maximum atomic E-state index is 11.7. The fourth-order valence-electron chi connectivity index (χ4n) is 1.81. The summed E-state index contributed by atoms with van der Waals surface area (Å²) < 4.78 is 4.81. The molecule has 112 valence electrons. The molecule has 2 aromatic heterocycles. The van der Waals surface area contributed by atoms with E-state index in [0.717, 1.165) is 18.5 Å². The number of carbonyl (C=O) groups is 2. The highest BCUT2D eigenvalue weighted by atomic mass is 16.3. The number of nitrogens with zero attached hydrogens (tertiary/aromatic N) is 1. The van der Waals surface area contributed by atoms with Gasteiger partial charge in [-0.15, -0.1) is 0 Å². The summed E-state index contributed by atoms with van der Waals surface area (Å²) in [7, 11) is 0. The van der Waals surface area contributed by atoms with Crippen molar-refractivity contribution in [2.75, 3.05) is 11.9 Å². The Labute approximate surface area is 122 Å². The second-order valence-electron chi connectivity index (χ2n) is 4.59. The number of nitrogens with one attached hydrogen (secondary N) is 3. The molecule has 2 amide bonds. The van der Waals surface area contributed by atoms with Gasteiger partial charge in [-0.1, -0.05) is 13.3 Å². The first-order valence-electron chi connectivity index (χ1n) is 6.83. The van der Waals surface area contributed by atoms with Gasteiger partial charge in [-0.3, -0.25) is 14.7 Å². The summed E-state index contributed by atoms with van der Waals surface area (Å²) in [6.07, 6.45) is 4.86. The fraction of sp³-hybridized carbons (Fsp3) is 0.357. The predicted octanol–water partition coefficient (Wildman–Crippen LogP) is 1.71. The molecule has 0 spiro atoms. The number of hydrogen-bond donors (Lipinski definition) is 3. The smallest absolute Gasteiger partial charge is 0.254 e. The molecule has 21 heavy (non-hydrogen) atoms. The van der Waals surface area contributed by atoms with Gasteiger partial charge >= 0.3 is 0 Å². The minimum absolute atomic E-state index is 0.180. The highest BCUT2D eigenvalue weighted by Gasteiger charge is 2.09. The summed E-state index contributed by atoms with van der Waals surface area (Å²) in [5, 5.41) is 12.2. The normalized spacial score (nSPS) is 10.3. The third-order valence-electron chi connectivity index (χ3n) is 2.84. The van der Waals surface area contributed by atoms with Gasteiger partial charge in [0.25, 0.3) is 5.91 Å². The van der Waals surface area contributed by atoms with E-state index in [1.54, 1.807) is 6.07 Å². The van der Waals surface area contributed by atoms with Gasteiger partial charge in [0.05, 0.1) is 11.8 Å². The average Bonchev–Trinajstić information content (AvgIpc) is 3.10. The molecule has 0 saturated heterocycles. The zero-order valence-corrected chi connectivity index (χ0v) is 11.8. The Balaban J connectivity index is 1.70. The predicted molar refractivity (Wildman–Crippen MR) is 76.9 cm³/mol. The Morgan fingerprint density at radius 1 is 1.43 bits per heavy atom. The molecule has 0 aliphatic heterocycles. The van der Waals surface area contributed by atoms with Crippen LogP contribution in [0, 0.1) is 0 Å². The highest BCUT2D eigenvalue weighted by Crippen LogP contribution is 2.07. The van der Waals surface area contributed by atoms with Crippen molar-refractivity contribution in [3.63, 3.8) is 0 Å². The van der Waals surface area contributed by atoms with Crippen LogP contribution in [0.3, 0.4) is 0 Å². The minimum atomic E-state index is -0.262. The van der Waals surface area contributed by atoms with Crippen molar-refractivity contribution in [3.05, 3.63) is 35.9 Å². The molecule has 3 N–H and O–H groups in total. The molecule has 0 aliphatic rings. The minimum Gasteiger partial charge on any atom is -0.472 e.